The van der Waals surface area contributed by atoms with Gasteiger partial charge in [-0.1, -0.05) is 24.6 Å². The number of nitrogens with zero attached hydrogens (tertiary/aromatic N) is 2. The lowest BCUT2D eigenvalue weighted by atomic mass is 9.96. The van der Waals surface area contributed by atoms with E-state index < -0.39 is 17.7 Å². The minimum Gasteiger partial charge on any atom is -0.480 e. The lowest BCUT2D eigenvalue weighted by Crippen LogP contribution is -2.58. The number of rotatable bonds is 4. The summed E-state index contributed by atoms with van der Waals surface area (Å²) in [4.78, 5) is 28.7. The maximum atomic E-state index is 13.2. The number of ether oxygens (including phenoxy) is 1. The monoisotopic (exact) mass is 346 g/mol. The van der Waals surface area contributed by atoms with Gasteiger partial charge in [-0.3, -0.25) is 9.69 Å². The van der Waals surface area contributed by atoms with Gasteiger partial charge in [-0.15, -0.1) is 0 Å². The predicted octanol–water partition coefficient (Wildman–Crippen LogP) is 2.12. The maximum Gasteiger partial charge on any atom is 0.328 e. The van der Waals surface area contributed by atoms with Crippen molar-refractivity contribution in [3.8, 4) is 0 Å². The largest absolute Gasteiger partial charge is 0.480 e. The van der Waals surface area contributed by atoms with Gasteiger partial charge >= 0.3 is 5.97 Å². The molecule has 1 spiro atoms. The van der Waals surface area contributed by atoms with Crippen molar-refractivity contribution < 1.29 is 19.4 Å². The van der Waals surface area contributed by atoms with Crippen molar-refractivity contribution in [2.45, 2.75) is 44.9 Å². The highest BCUT2D eigenvalue weighted by Crippen LogP contribution is 2.38. The molecule has 1 N–H and O–H groups in total. The first-order valence-corrected chi connectivity index (χ1v) is 8.96. The number of benzene rings is 1. The summed E-state index contributed by atoms with van der Waals surface area (Å²) in [5, 5.41) is 9.60. The van der Waals surface area contributed by atoms with E-state index in [0.29, 0.717) is 18.4 Å². The molecule has 1 atom stereocenters. The smallest absolute Gasteiger partial charge is 0.328 e. The summed E-state index contributed by atoms with van der Waals surface area (Å²) in [7, 11) is 0. The highest BCUT2D eigenvalue weighted by molar-refractivity contribution is 5.97. The first-order valence-electron chi connectivity index (χ1n) is 8.96. The Morgan fingerprint density at radius 1 is 1.32 bits per heavy atom. The van der Waals surface area contributed by atoms with Crippen LogP contribution in [0.15, 0.2) is 24.3 Å². The lowest BCUT2D eigenvalue weighted by molar-refractivity contribution is -0.143. The summed E-state index contributed by atoms with van der Waals surface area (Å²) < 4.78 is 5.96. The van der Waals surface area contributed by atoms with Crippen LogP contribution in [0.25, 0.3) is 0 Å². The van der Waals surface area contributed by atoms with E-state index in [2.05, 4.69) is 11.8 Å². The molecule has 3 rings (SSSR count). The second-order valence-corrected chi connectivity index (χ2v) is 7.00. The Kier molecular flexibility index (Phi) is 5.11. The van der Waals surface area contributed by atoms with Gasteiger partial charge in [0.25, 0.3) is 5.91 Å². The number of piperidine rings is 1. The fourth-order valence-corrected chi connectivity index (χ4v) is 3.92. The number of carboxylic acids is 1. The SMILES string of the molecule is CCCN1CCC2(CC1)OC[C@@H](C(=O)O)N2C(=O)c1cccc(C)c1. The van der Waals surface area contributed by atoms with Crippen LogP contribution < -0.4 is 0 Å². The van der Waals surface area contributed by atoms with Crippen LogP contribution in [-0.4, -0.2) is 64.8 Å². The van der Waals surface area contributed by atoms with Gasteiger partial charge in [-0.2, -0.15) is 0 Å². The van der Waals surface area contributed by atoms with Gasteiger partial charge in [0, 0.05) is 31.5 Å². The van der Waals surface area contributed by atoms with E-state index in [1.807, 2.05) is 19.1 Å². The zero-order valence-corrected chi connectivity index (χ0v) is 14.9. The van der Waals surface area contributed by atoms with Crippen LogP contribution in [0.1, 0.15) is 42.1 Å². The number of carbonyl (C=O) groups is 2. The summed E-state index contributed by atoms with van der Waals surface area (Å²) in [6.07, 6.45) is 2.38. The Bertz CT molecular complexity index is 653. The summed E-state index contributed by atoms with van der Waals surface area (Å²) >= 11 is 0. The number of aliphatic carboxylic acids is 1. The molecule has 2 heterocycles. The van der Waals surface area contributed by atoms with E-state index >= 15 is 0 Å². The first-order chi connectivity index (χ1) is 12.0. The minimum absolute atomic E-state index is 0.0562. The summed E-state index contributed by atoms with van der Waals surface area (Å²) in [5.74, 6) is -1.26. The van der Waals surface area contributed by atoms with E-state index in [1.165, 1.54) is 4.90 Å². The molecule has 2 aliphatic rings. The minimum atomic E-state index is -1.01. The molecule has 2 fully saturated rings. The molecule has 0 radical (unpaired) electrons. The Balaban J connectivity index is 1.88. The van der Waals surface area contributed by atoms with Gasteiger partial charge in [-0.05, 0) is 32.0 Å². The number of hydrogen-bond donors (Lipinski definition) is 1. The average molecular weight is 346 g/mol. The Morgan fingerprint density at radius 2 is 2.04 bits per heavy atom. The van der Waals surface area contributed by atoms with Crippen LogP contribution in [0.2, 0.25) is 0 Å². The van der Waals surface area contributed by atoms with Gasteiger partial charge in [0.15, 0.2) is 6.04 Å². The molecule has 0 aromatic heterocycles. The fourth-order valence-electron chi connectivity index (χ4n) is 3.92. The molecule has 136 valence electrons. The lowest BCUT2D eigenvalue weighted by Gasteiger charge is -2.44. The quantitative estimate of drug-likeness (QED) is 0.904. The number of hydrogen-bond acceptors (Lipinski definition) is 4. The standard InChI is InChI=1S/C19H26N2O4/c1-3-9-20-10-7-19(8-11-20)21(16(13-25-19)18(23)24)17(22)15-6-4-5-14(2)12-15/h4-6,12,16H,3,7-11,13H2,1-2H3,(H,23,24)/t16-/m0/s1. The number of aryl methyl sites for hydroxylation is 1. The van der Waals surface area contributed by atoms with Crippen LogP contribution >= 0.6 is 0 Å². The molecule has 6 heteroatoms. The van der Waals surface area contributed by atoms with Crippen molar-refractivity contribution in [1.29, 1.82) is 0 Å². The Morgan fingerprint density at radius 3 is 2.64 bits per heavy atom. The summed E-state index contributed by atoms with van der Waals surface area (Å²) in [6.45, 7) is 6.77. The highest BCUT2D eigenvalue weighted by atomic mass is 16.5. The highest BCUT2D eigenvalue weighted by Gasteiger charge is 2.53. The van der Waals surface area contributed by atoms with E-state index in [1.54, 1.807) is 12.1 Å². The molecule has 0 saturated carbocycles. The third kappa shape index (κ3) is 3.41. The zero-order valence-electron chi connectivity index (χ0n) is 14.9. The van der Waals surface area contributed by atoms with Crippen LogP contribution in [0.3, 0.4) is 0 Å². The van der Waals surface area contributed by atoms with Crippen LogP contribution in [0, 0.1) is 6.92 Å². The third-order valence-electron chi connectivity index (χ3n) is 5.21. The number of amides is 1. The second kappa shape index (κ2) is 7.14. The molecule has 2 saturated heterocycles. The van der Waals surface area contributed by atoms with Crippen LogP contribution in [-0.2, 0) is 9.53 Å². The van der Waals surface area contributed by atoms with Gasteiger partial charge in [0.1, 0.15) is 5.72 Å². The average Bonchev–Trinajstić information content (AvgIpc) is 2.96. The molecule has 0 bridgehead atoms. The second-order valence-electron chi connectivity index (χ2n) is 7.00. The van der Waals surface area contributed by atoms with Gasteiger partial charge in [-0.25, -0.2) is 4.79 Å². The molecule has 25 heavy (non-hydrogen) atoms. The summed E-state index contributed by atoms with van der Waals surface area (Å²) in [5.41, 5.74) is 0.700. The van der Waals surface area contributed by atoms with Gasteiger partial charge < -0.3 is 14.7 Å². The molecule has 1 amide bonds. The van der Waals surface area contributed by atoms with Crippen LogP contribution in [0.5, 0.6) is 0 Å². The molecular formula is C19H26N2O4. The van der Waals surface area contributed by atoms with Gasteiger partial charge in [0.05, 0.1) is 6.61 Å². The number of carbonyl (C=O) groups excluding carboxylic acids is 1. The molecule has 1 aromatic rings. The van der Waals surface area contributed by atoms with Crippen molar-refractivity contribution >= 4 is 11.9 Å². The third-order valence-corrected chi connectivity index (χ3v) is 5.21. The Labute approximate surface area is 148 Å². The van der Waals surface area contributed by atoms with Crippen molar-refractivity contribution in [1.82, 2.24) is 9.80 Å². The van der Waals surface area contributed by atoms with Gasteiger partial charge in [0.2, 0.25) is 0 Å². The molecule has 1 aromatic carbocycles. The molecule has 0 aliphatic carbocycles. The summed E-state index contributed by atoms with van der Waals surface area (Å²) in [6, 6.07) is 6.37. The molecular weight excluding hydrogens is 320 g/mol. The predicted molar refractivity (Wildman–Crippen MR) is 93.4 cm³/mol. The number of carboxylic acid groups (broad SMARTS) is 1. The first kappa shape index (κ1) is 17.9. The van der Waals surface area contributed by atoms with E-state index in [9.17, 15) is 14.7 Å². The van der Waals surface area contributed by atoms with Crippen molar-refractivity contribution in [2.24, 2.45) is 0 Å². The van der Waals surface area contributed by atoms with E-state index in [-0.39, 0.29) is 12.5 Å². The normalized spacial score (nSPS) is 23.1. The van der Waals surface area contributed by atoms with Crippen molar-refractivity contribution in [2.75, 3.05) is 26.2 Å². The van der Waals surface area contributed by atoms with Crippen molar-refractivity contribution in [3.05, 3.63) is 35.4 Å². The van der Waals surface area contributed by atoms with Crippen molar-refractivity contribution in [3.63, 3.8) is 0 Å². The topological polar surface area (TPSA) is 70.1 Å². The maximum absolute atomic E-state index is 13.2. The molecule has 6 nitrogen and oxygen atoms in total. The fraction of sp³-hybridized carbons (Fsp3) is 0.579. The zero-order chi connectivity index (χ0) is 18.0. The molecule has 0 unspecified atom stereocenters. The van der Waals surface area contributed by atoms with Crippen LogP contribution in [0.4, 0.5) is 0 Å². The van der Waals surface area contributed by atoms with E-state index in [0.717, 1.165) is 31.6 Å². The van der Waals surface area contributed by atoms with E-state index in [4.69, 9.17) is 4.74 Å². The number of likely N-dealkylation sites (tertiary alicyclic amines) is 1. The Hall–Kier alpha value is -1.92. The molecule has 2 aliphatic heterocycles.